The Balaban J connectivity index is 2.04. The van der Waals surface area contributed by atoms with Gasteiger partial charge in [-0.05, 0) is 44.1 Å². The van der Waals surface area contributed by atoms with Gasteiger partial charge in [0.2, 0.25) is 11.8 Å². The number of carbonyl (C=O) groups excluding carboxylic acids is 4. The van der Waals surface area contributed by atoms with Crippen LogP contribution in [0.4, 0.5) is 0 Å². The van der Waals surface area contributed by atoms with E-state index in [9.17, 15) is 24.3 Å². The molecule has 1 aromatic carbocycles. The largest absolute Gasteiger partial charge is 0.382 e. The minimum absolute atomic E-state index is 0.0996. The molecule has 3 atom stereocenters. The van der Waals surface area contributed by atoms with Crippen LogP contribution in [-0.4, -0.2) is 73.7 Å². The third-order valence-electron chi connectivity index (χ3n) is 6.14. The van der Waals surface area contributed by atoms with Gasteiger partial charge in [-0.15, -0.1) is 0 Å². The number of ketones is 1. The summed E-state index contributed by atoms with van der Waals surface area (Å²) in [6, 6.07) is 6.28. The summed E-state index contributed by atoms with van der Waals surface area (Å²) in [5.74, 6) is -2.32. The number of carbonyl (C=O) groups is 4. The van der Waals surface area contributed by atoms with E-state index in [-0.39, 0.29) is 13.2 Å². The molecule has 10 nitrogen and oxygen atoms in total. The van der Waals surface area contributed by atoms with Crippen molar-refractivity contribution in [3.8, 4) is 0 Å². The Morgan fingerprint density at radius 3 is 2.41 bits per heavy atom. The van der Waals surface area contributed by atoms with E-state index in [2.05, 4.69) is 22.9 Å². The fraction of sp³-hybridized carbons (Fsp3) is 0.500. The molecule has 1 aromatic rings. The SMILES string of the molecule is CCOCC(C)(O)C(=O)C(NC(=O)CNC(=O)C(COC)NC(=O)C1=CCC(CC)=C(C)S1)c1ccccc1. The Bertz CT molecular complexity index is 1090. The maximum absolute atomic E-state index is 13.2. The van der Waals surface area contributed by atoms with Gasteiger partial charge in [0.05, 0.1) is 24.7 Å². The monoisotopic (exact) mass is 561 g/mol. The van der Waals surface area contributed by atoms with Crippen molar-refractivity contribution in [2.75, 3.05) is 33.5 Å². The van der Waals surface area contributed by atoms with E-state index in [1.165, 1.54) is 31.4 Å². The predicted octanol–water partition coefficient (Wildman–Crippen LogP) is 2.15. The van der Waals surface area contributed by atoms with Crippen molar-refractivity contribution in [1.82, 2.24) is 16.0 Å². The molecule has 39 heavy (non-hydrogen) atoms. The number of ether oxygens (including phenoxy) is 2. The zero-order chi connectivity index (χ0) is 29.0. The lowest BCUT2D eigenvalue weighted by Gasteiger charge is -2.28. The second-order valence-corrected chi connectivity index (χ2v) is 10.5. The van der Waals surface area contributed by atoms with Crippen LogP contribution in [-0.2, 0) is 28.7 Å². The number of hydrogen-bond acceptors (Lipinski definition) is 8. The van der Waals surface area contributed by atoms with Gasteiger partial charge in [0.1, 0.15) is 17.7 Å². The highest BCUT2D eigenvalue weighted by molar-refractivity contribution is 8.07. The van der Waals surface area contributed by atoms with Gasteiger partial charge < -0.3 is 30.5 Å². The van der Waals surface area contributed by atoms with Gasteiger partial charge in [-0.1, -0.05) is 60.7 Å². The molecular formula is C28H39N3O7S. The average Bonchev–Trinajstić information content (AvgIpc) is 2.93. The minimum Gasteiger partial charge on any atom is -0.382 e. The molecule has 2 rings (SSSR count). The van der Waals surface area contributed by atoms with E-state index in [0.29, 0.717) is 23.5 Å². The number of methoxy groups -OCH3 is 1. The summed E-state index contributed by atoms with van der Waals surface area (Å²) < 4.78 is 10.3. The van der Waals surface area contributed by atoms with Crippen LogP contribution in [0.25, 0.3) is 0 Å². The second-order valence-electron chi connectivity index (χ2n) is 9.27. The van der Waals surface area contributed by atoms with Gasteiger partial charge in [0.15, 0.2) is 5.78 Å². The molecular weight excluding hydrogens is 522 g/mol. The zero-order valence-corrected chi connectivity index (χ0v) is 24.0. The summed E-state index contributed by atoms with van der Waals surface area (Å²) in [4.78, 5) is 53.2. The molecule has 0 bridgehead atoms. The van der Waals surface area contributed by atoms with Crippen molar-refractivity contribution < 1.29 is 33.8 Å². The molecule has 0 saturated carbocycles. The molecule has 0 spiro atoms. The Hall–Kier alpha value is -2.99. The summed E-state index contributed by atoms with van der Waals surface area (Å²) in [6.07, 6.45) is 3.42. The molecule has 1 aliphatic rings. The van der Waals surface area contributed by atoms with Crippen molar-refractivity contribution in [3.05, 3.63) is 57.4 Å². The van der Waals surface area contributed by atoms with Crippen molar-refractivity contribution >= 4 is 35.3 Å². The summed E-state index contributed by atoms with van der Waals surface area (Å²) >= 11 is 1.36. The smallest absolute Gasteiger partial charge is 0.258 e. The van der Waals surface area contributed by atoms with Gasteiger partial charge in [-0.2, -0.15) is 0 Å². The predicted molar refractivity (Wildman–Crippen MR) is 150 cm³/mol. The summed E-state index contributed by atoms with van der Waals surface area (Å²) in [7, 11) is 1.40. The van der Waals surface area contributed by atoms with Gasteiger partial charge >= 0.3 is 0 Å². The van der Waals surface area contributed by atoms with Crippen LogP contribution in [0.1, 0.15) is 52.1 Å². The van der Waals surface area contributed by atoms with Gasteiger partial charge in [-0.3, -0.25) is 19.2 Å². The third kappa shape index (κ3) is 9.61. The number of allylic oxidation sites excluding steroid dienone is 3. The molecule has 11 heteroatoms. The molecule has 0 fully saturated rings. The first-order chi connectivity index (χ1) is 18.5. The number of Topliss-reactive ketones (excluding diaryl/α,β-unsaturated/α-hetero) is 1. The second kappa shape index (κ2) is 15.6. The van der Waals surface area contributed by atoms with E-state index in [1.54, 1.807) is 37.3 Å². The van der Waals surface area contributed by atoms with Crippen LogP contribution >= 0.6 is 11.8 Å². The van der Waals surface area contributed by atoms with Gasteiger partial charge in [0, 0.05) is 13.7 Å². The molecule has 0 aromatic heterocycles. The summed E-state index contributed by atoms with van der Waals surface area (Å²) in [5.41, 5.74) is -0.115. The fourth-order valence-corrected chi connectivity index (χ4v) is 4.90. The number of benzene rings is 1. The highest BCUT2D eigenvalue weighted by Gasteiger charge is 2.38. The molecule has 3 unspecified atom stereocenters. The standard InChI is InChI=1S/C28H39N3O7S/c1-6-19-13-14-22(39-18(19)3)27(35)30-21(16-37-5)26(34)29-15-23(32)31-24(20-11-9-8-10-12-20)25(33)28(4,36)17-38-7-2/h8-12,14,21,24,36H,6-7,13,15-17H2,1-5H3,(H,29,34)(H,30,35)(H,31,32). The highest BCUT2D eigenvalue weighted by Crippen LogP contribution is 2.35. The van der Waals surface area contributed by atoms with E-state index in [0.717, 1.165) is 11.3 Å². The maximum atomic E-state index is 13.2. The van der Waals surface area contributed by atoms with Gasteiger partial charge in [-0.25, -0.2) is 0 Å². The van der Waals surface area contributed by atoms with E-state index >= 15 is 0 Å². The molecule has 3 amide bonds. The minimum atomic E-state index is -1.85. The Labute approximate surface area is 234 Å². The number of rotatable bonds is 15. The Morgan fingerprint density at radius 1 is 1.13 bits per heavy atom. The lowest BCUT2D eigenvalue weighted by Crippen LogP contribution is -2.52. The average molecular weight is 562 g/mol. The van der Waals surface area contributed by atoms with Crippen LogP contribution in [0.15, 0.2) is 51.8 Å². The normalized spacial score (nSPS) is 16.4. The van der Waals surface area contributed by atoms with E-state index < -0.39 is 47.7 Å². The molecule has 0 aliphatic carbocycles. The first kappa shape index (κ1) is 32.2. The third-order valence-corrected chi connectivity index (χ3v) is 7.31. The quantitative estimate of drug-likeness (QED) is 0.255. The topological polar surface area (TPSA) is 143 Å². The number of aliphatic hydroxyl groups is 1. The Morgan fingerprint density at radius 2 is 1.82 bits per heavy atom. The molecule has 1 heterocycles. The fourth-order valence-electron chi connectivity index (χ4n) is 3.88. The summed E-state index contributed by atoms with van der Waals surface area (Å²) in [5, 5.41) is 18.4. The molecule has 1 aliphatic heterocycles. The van der Waals surface area contributed by atoms with Crippen LogP contribution in [0, 0.1) is 0 Å². The lowest BCUT2D eigenvalue weighted by atomic mass is 9.91. The number of amides is 3. The van der Waals surface area contributed by atoms with Gasteiger partial charge in [0.25, 0.3) is 5.91 Å². The van der Waals surface area contributed by atoms with Crippen molar-refractivity contribution in [1.29, 1.82) is 0 Å². The molecule has 0 radical (unpaired) electrons. The number of nitrogens with one attached hydrogen (secondary N) is 3. The van der Waals surface area contributed by atoms with Crippen LogP contribution in [0.5, 0.6) is 0 Å². The van der Waals surface area contributed by atoms with E-state index in [4.69, 9.17) is 9.47 Å². The molecule has 4 N–H and O–H groups in total. The van der Waals surface area contributed by atoms with E-state index in [1.807, 2.05) is 13.0 Å². The Kier molecular flexibility index (Phi) is 12.9. The zero-order valence-electron chi connectivity index (χ0n) is 23.2. The molecule has 214 valence electrons. The van der Waals surface area contributed by atoms with Crippen LogP contribution in [0.2, 0.25) is 0 Å². The van der Waals surface area contributed by atoms with Crippen molar-refractivity contribution in [3.63, 3.8) is 0 Å². The van der Waals surface area contributed by atoms with Crippen molar-refractivity contribution in [2.24, 2.45) is 0 Å². The highest BCUT2D eigenvalue weighted by atomic mass is 32.2. The van der Waals surface area contributed by atoms with Crippen molar-refractivity contribution in [2.45, 2.75) is 58.2 Å². The molecule has 0 saturated heterocycles. The van der Waals surface area contributed by atoms with Crippen LogP contribution < -0.4 is 16.0 Å². The number of hydrogen-bond donors (Lipinski definition) is 4. The lowest BCUT2D eigenvalue weighted by molar-refractivity contribution is -0.145. The van der Waals surface area contributed by atoms with Crippen LogP contribution in [0.3, 0.4) is 0 Å². The first-order valence-corrected chi connectivity index (χ1v) is 13.7. The summed E-state index contributed by atoms with van der Waals surface area (Å²) in [6.45, 7) is 6.61. The maximum Gasteiger partial charge on any atom is 0.258 e. The first-order valence-electron chi connectivity index (χ1n) is 12.9. The number of thioether (sulfide) groups is 1.